The van der Waals surface area contributed by atoms with Crippen LogP contribution in [-0.2, 0) is 4.57 Å². The van der Waals surface area contributed by atoms with Gasteiger partial charge in [0.05, 0.1) is 0 Å². The Balaban J connectivity index is 0. The summed E-state index contributed by atoms with van der Waals surface area (Å²) in [5.41, 5.74) is 0. The zero-order chi connectivity index (χ0) is 9.07. The highest BCUT2D eigenvalue weighted by Gasteiger charge is 2.20. The molecule has 0 aliphatic carbocycles. The summed E-state index contributed by atoms with van der Waals surface area (Å²) in [6.07, 6.45) is 0.927. The molecular weight excluding hydrogens is 186 g/mol. The van der Waals surface area contributed by atoms with Gasteiger partial charge in [0, 0.05) is 29.7 Å². The Morgan fingerprint density at radius 1 is 1.08 bits per heavy atom. The van der Waals surface area contributed by atoms with Crippen molar-refractivity contribution in [2.75, 3.05) is 12.3 Å². The van der Waals surface area contributed by atoms with Gasteiger partial charge in [-0.05, 0) is 11.8 Å². The van der Waals surface area contributed by atoms with Crippen LogP contribution in [0, 0.1) is 11.8 Å². The Bertz CT molecular complexity index is 143. The molecule has 0 saturated heterocycles. The van der Waals surface area contributed by atoms with Crippen molar-refractivity contribution in [2.24, 2.45) is 11.8 Å². The van der Waals surface area contributed by atoms with E-state index >= 15 is 0 Å². The lowest BCUT2D eigenvalue weighted by atomic mass is 10.3. The second-order valence-electron chi connectivity index (χ2n) is 4.00. The maximum atomic E-state index is 11.4. The van der Waals surface area contributed by atoms with E-state index < -0.39 is 7.37 Å². The number of hydrogen-bond acceptors (Lipinski definition) is 1. The molecule has 0 aromatic heterocycles. The van der Waals surface area contributed by atoms with Crippen molar-refractivity contribution in [3.05, 3.63) is 0 Å². The van der Waals surface area contributed by atoms with Gasteiger partial charge in [-0.25, -0.2) is 0 Å². The molecule has 0 bridgehead atoms. The van der Waals surface area contributed by atoms with Gasteiger partial charge in [-0.3, -0.25) is 4.57 Å². The molecule has 12 heavy (non-hydrogen) atoms. The molecule has 0 aliphatic rings. The van der Waals surface area contributed by atoms with Gasteiger partial charge in [0.15, 0.2) is 0 Å². The van der Waals surface area contributed by atoms with Crippen molar-refractivity contribution >= 4 is 24.7 Å². The summed E-state index contributed by atoms with van der Waals surface area (Å²) in [7, 11) is -2.80. The molecular formula is C8H19AlO2P. The third-order valence-electron chi connectivity index (χ3n) is 1.30. The first-order valence-electron chi connectivity index (χ1n) is 4.14. The smallest absolute Gasteiger partial charge is 0.201 e. The van der Waals surface area contributed by atoms with Gasteiger partial charge in [0.25, 0.3) is 0 Å². The molecule has 0 amide bonds. The van der Waals surface area contributed by atoms with E-state index in [0.717, 1.165) is 0 Å². The molecule has 0 unspecified atom stereocenters. The van der Waals surface area contributed by atoms with Crippen LogP contribution in [0.15, 0.2) is 0 Å². The first-order valence-corrected chi connectivity index (χ1v) is 6.17. The van der Waals surface area contributed by atoms with Gasteiger partial charge in [-0.15, -0.1) is 0 Å². The average Bonchev–Trinajstić information content (AvgIpc) is 1.53. The van der Waals surface area contributed by atoms with E-state index in [0.29, 0.717) is 24.2 Å². The maximum absolute atomic E-state index is 11.4. The summed E-state index contributed by atoms with van der Waals surface area (Å²) >= 11 is 0. The first-order chi connectivity index (χ1) is 4.83. The summed E-state index contributed by atoms with van der Waals surface area (Å²) in [4.78, 5) is 9.41. The van der Waals surface area contributed by atoms with Gasteiger partial charge in [0.2, 0.25) is 7.37 Å². The zero-order valence-electron chi connectivity index (χ0n) is 8.45. The molecule has 3 radical (unpaired) electrons. The van der Waals surface area contributed by atoms with Crippen LogP contribution >= 0.6 is 7.37 Å². The monoisotopic (exact) mass is 205 g/mol. The molecule has 0 spiro atoms. The fraction of sp³-hybridized carbons (Fsp3) is 1.00. The third-order valence-corrected chi connectivity index (χ3v) is 3.90. The Labute approximate surface area is 86.3 Å². The van der Waals surface area contributed by atoms with Crippen molar-refractivity contribution in [2.45, 2.75) is 27.7 Å². The Kier molecular flexibility index (Phi) is 7.88. The third kappa shape index (κ3) is 8.82. The summed E-state index contributed by atoms with van der Waals surface area (Å²) in [6.45, 7) is 7.90. The van der Waals surface area contributed by atoms with E-state index in [2.05, 4.69) is 0 Å². The van der Waals surface area contributed by atoms with E-state index in [-0.39, 0.29) is 17.4 Å². The van der Waals surface area contributed by atoms with E-state index in [1.807, 2.05) is 27.7 Å². The molecule has 0 aromatic rings. The van der Waals surface area contributed by atoms with E-state index in [1.165, 1.54) is 0 Å². The van der Waals surface area contributed by atoms with Crippen molar-refractivity contribution in [1.29, 1.82) is 0 Å². The Morgan fingerprint density at radius 3 is 1.50 bits per heavy atom. The fourth-order valence-electron chi connectivity index (χ4n) is 1.22. The highest BCUT2D eigenvalue weighted by molar-refractivity contribution is 7.58. The maximum Gasteiger partial charge on any atom is 0.201 e. The minimum atomic E-state index is -2.80. The lowest BCUT2D eigenvalue weighted by Crippen LogP contribution is -2.05. The van der Waals surface area contributed by atoms with Gasteiger partial charge < -0.3 is 4.89 Å². The van der Waals surface area contributed by atoms with Crippen LogP contribution in [0.4, 0.5) is 0 Å². The van der Waals surface area contributed by atoms with E-state index in [1.54, 1.807) is 0 Å². The van der Waals surface area contributed by atoms with Crippen LogP contribution in [0.2, 0.25) is 0 Å². The lowest BCUT2D eigenvalue weighted by molar-refractivity contribution is 0.459. The van der Waals surface area contributed by atoms with Gasteiger partial charge in [0.1, 0.15) is 0 Å². The van der Waals surface area contributed by atoms with Crippen molar-refractivity contribution < 1.29 is 9.46 Å². The summed E-state index contributed by atoms with van der Waals surface area (Å²) in [5, 5.41) is 0. The second kappa shape index (κ2) is 6.22. The average molecular weight is 205 g/mol. The predicted molar refractivity (Wildman–Crippen MR) is 55.0 cm³/mol. The predicted octanol–water partition coefficient (Wildman–Crippen LogP) is 2.19. The van der Waals surface area contributed by atoms with Gasteiger partial charge in [-0.1, -0.05) is 27.7 Å². The van der Waals surface area contributed by atoms with Crippen LogP contribution in [-0.4, -0.2) is 34.6 Å². The highest BCUT2D eigenvalue weighted by atomic mass is 31.2. The van der Waals surface area contributed by atoms with Gasteiger partial charge in [-0.2, -0.15) is 0 Å². The lowest BCUT2D eigenvalue weighted by Gasteiger charge is -2.15. The molecule has 2 nitrogen and oxygen atoms in total. The van der Waals surface area contributed by atoms with Crippen LogP contribution in [0.1, 0.15) is 27.7 Å². The SMILES string of the molecule is CC(C)CP(=O)(O)CC(C)C.[Al]. The van der Waals surface area contributed by atoms with Crippen molar-refractivity contribution in [3.8, 4) is 0 Å². The van der Waals surface area contributed by atoms with Gasteiger partial charge >= 0.3 is 0 Å². The molecule has 4 heteroatoms. The zero-order valence-corrected chi connectivity index (χ0v) is 10.5. The summed E-state index contributed by atoms with van der Waals surface area (Å²) in [6, 6.07) is 0. The molecule has 0 aliphatic heterocycles. The number of rotatable bonds is 4. The molecule has 1 N–H and O–H groups in total. The largest absolute Gasteiger partial charge is 0.344 e. The van der Waals surface area contributed by atoms with E-state index in [9.17, 15) is 9.46 Å². The molecule has 0 atom stereocenters. The minimum Gasteiger partial charge on any atom is -0.344 e. The molecule has 0 heterocycles. The minimum absolute atomic E-state index is 0. The standard InChI is InChI=1S/C8H19O2P.Al/c1-7(2)5-11(9,10)6-8(3)4;/h7-8H,5-6H2,1-4H3,(H,9,10);. The van der Waals surface area contributed by atoms with Crippen LogP contribution in [0.25, 0.3) is 0 Å². The fourth-order valence-corrected chi connectivity index (χ4v) is 3.65. The molecule has 0 fully saturated rings. The van der Waals surface area contributed by atoms with Crippen molar-refractivity contribution in [3.63, 3.8) is 0 Å². The van der Waals surface area contributed by atoms with Crippen LogP contribution in [0.3, 0.4) is 0 Å². The summed E-state index contributed by atoms with van der Waals surface area (Å²) < 4.78 is 11.4. The van der Waals surface area contributed by atoms with Crippen LogP contribution in [0.5, 0.6) is 0 Å². The molecule has 0 rings (SSSR count). The normalized spacial score (nSPS) is 11.9. The summed E-state index contributed by atoms with van der Waals surface area (Å²) in [5.74, 6) is 0.647. The van der Waals surface area contributed by atoms with Crippen molar-refractivity contribution in [1.82, 2.24) is 0 Å². The Morgan fingerprint density at radius 2 is 1.33 bits per heavy atom. The quantitative estimate of drug-likeness (QED) is 0.564. The Hall–Kier alpha value is 0.722. The topological polar surface area (TPSA) is 37.3 Å². The number of hydrogen-bond donors (Lipinski definition) is 1. The molecule has 0 aromatic carbocycles. The first kappa shape index (κ1) is 15.2. The second-order valence-corrected chi connectivity index (χ2v) is 6.42. The highest BCUT2D eigenvalue weighted by Crippen LogP contribution is 2.43. The molecule has 71 valence electrons. The van der Waals surface area contributed by atoms with E-state index in [4.69, 9.17) is 0 Å². The molecule has 0 saturated carbocycles. The van der Waals surface area contributed by atoms with Crippen LogP contribution < -0.4 is 0 Å².